The van der Waals surface area contributed by atoms with Crippen molar-refractivity contribution in [1.29, 1.82) is 0 Å². The highest BCUT2D eigenvalue weighted by molar-refractivity contribution is 5.34. The van der Waals surface area contributed by atoms with Gasteiger partial charge >= 0.3 is 0 Å². The van der Waals surface area contributed by atoms with Gasteiger partial charge in [0.25, 0.3) is 0 Å². The van der Waals surface area contributed by atoms with E-state index in [2.05, 4.69) is 25.1 Å². The van der Waals surface area contributed by atoms with Crippen LogP contribution in [0.2, 0.25) is 0 Å². The molecule has 0 atom stereocenters. The molecule has 0 spiro atoms. The predicted molar refractivity (Wildman–Crippen MR) is 79.3 cm³/mol. The Morgan fingerprint density at radius 3 is 2.37 bits per heavy atom. The minimum absolute atomic E-state index is 0.617. The minimum atomic E-state index is 0.617. The Balaban J connectivity index is 2.05. The molecule has 2 heteroatoms. The average Bonchev–Trinajstić information content (AvgIpc) is 2.45. The Labute approximate surface area is 115 Å². The monoisotopic (exact) mass is 255 g/mol. The van der Waals surface area contributed by atoms with E-state index >= 15 is 0 Å². The van der Waals surface area contributed by atoms with Gasteiger partial charge in [-0.25, -0.2) is 0 Å². The van der Waals surface area contributed by atoms with E-state index in [4.69, 9.17) is 10.5 Å². The highest BCUT2D eigenvalue weighted by atomic mass is 16.5. The Kier molecular flexibility index (Phi) is 4.99. The van der Waals surface area contributed by atoms with Crippen LogP contribution in [0.1, 0.15) is 23.1 Å². The first-order valence-electron chi connectivity index (χ1n) is 6.76. The third kappa shape index (κ3) is 3.83. The summed E-state index contributed by atoms with van der Waals surface area (Å²) in [6.45, 7) is 3.44. The van der Waals surface area contributed by atoms with Crippen LogP contribution in [0.3, 0.4) is 0 Å². The van der Waals surface area contributed by atoms with E-state index in [9.17, 15) is 0 Å². The topological polar surface area (TPSA) is 35.2 Å². The summed E-state index contributed by atoms with van der Waals surface area (Å²) in [7, 11) is 0. The molecule has 0 bridgehead atoms. The van der Waals surface area contributed by atoms with Gasteiger partial charge in [0.1, 0.15) is 12.4 Å². The molecule has 0 aliphatic rings. The SMILES string of the molecule is Cc1ccccc1COc1ccccc1CCCN. The summed E-state index contributed by atoms with van der Waals surface area (Å²) in [5.74, 6) is 0.971. The Bertz CT molecular complexity index is 522. The highest BCUT2D eigenvalue weighted by Gasteiger charge is 2.04. The molecule has 0 saturated carbocycles. The molecule has 0 heterocycles. The maximum atomic E-state index is 5.96. The Morgan fingerprint density at radius 1 is 0.947 bits per heavy atom. The second kappa shape index (κ2) is 6.95. The summed E-state index contributed by atoms with van der Waals surface area (Å²) in [5.41, 5.74) is 9.31. The molecule has 0 fully saturated rings. The van der Waals surface area contributed by atoms with Crippen LogP contribution >= 0.6 is 0 Å². The molecule has 2 aromatic carbocycles. The lowest BCUT2D eigenvalue weighted by Crippen LogP contribution is -2.03. The fourth-order valence-corrected chi connectivity index (χ4v) is 2.07. The first kappa shape index (κ1) is 13.6. The third-order valence-electron chi connectivity index (χ3n) is 3.27. The lowest BCUT2D eigenvalue weighted by molar-refractivity contribution is 0.302. The van der Waals surface area contributed by atoms with E-state index in [-0.39, 0.29) is 0 Å². The van der Waals surface area contributed by atoms with E-state index in [1.807, 2.05) is 30.3 Å². The molecule has 2 nitrogen and oxygen atoms in total. The Morgan fingerprint density at radius 2 is 1.63 bits per heavy atom. The van der Waals surface area contributed by atoms with E-state index in [1.165, 1.54) is 16.7 Å². The first-order valence-corrected chi connectivity index (χ1v) is 6.76. The van der Waals surface area contributed by atoms with Gasteiger partial charge in [-0.05, 0) is 49.1 Å². The number of hydrogen-bond acceptors (Lipinski definition) is 2. The standard InChI is InChI=1S/C17H21NO/c1-14-7-2-3-9-16(14)13-19-17-11-5-4-8-15(17)10-6-12-18/h2-5,7-9,11H,6,10,12-13,18H2,1H3. The van der Waals surface area contributed by atoms with Crippen LogP contribution in [0.5, 0.6) is 5.75 Å². The summed E-state index contributed by atoms with van der Waals surface area (Å²) in [6, 6.07) is 16.5. The maximum absolute atomic E-state index is 5.96. The second-order valence-corrected chi connectivity index (χ2v) is 4.72. The predicted octanol–water partition coefficient (Wildman–Crippen LogP) is 3.47. The smallest absolute Gasteiger partial charge is 0.122 e. The van der Waals surface area contributed by atoms with Crippen LogP contribution in [0.4, 0.5) is 0 Å². The lowest BCUT2D eigenvalue weighted by atomic mass is 10.1. The number of ether oxygens (including phenoxy) is 1. The van der Waals surface area contributed by atoms with E-state index in [1.54, 1.807) is 0 Å². The Hall–Kier alpha value is -1.80. The lowest BCUT2D eigenvalue weighted by Gasteiger charge is -2.12. The normalized spacial score (nSPS) is 10.4. The van der Waals surface area contributed by atoms with Gasteiger partial charge < -0.3 is 10.5 Å². The fourth-order valence-electron chi connectivity index (χ4n) is 2.07. The summed E-state index contributed by atoms with van der Waals surface area (Å²) >= 11 is 0. The van der Waals surface area contributed by atoms with Crippen LogP contribution < -0.4 is 10.5 Å². The van der Waals surface area contributed by atoms with E-state index < -0.39 is 0 Å². The van der Waals surface area contributed by atoms with Crippen molar-refractivity contribution in [2.24, 2.45) is 5.73 Å². The molecular formula is C17H21NO. The van der Waals surface area contributed by atoms with Crippen molar-refractivity contribution in [2.45, 2.75) is 26.4 Å². The maximum Gasteiger partial charge on any atom is 0.122 e. The molecule has 0 saturated heterocycles. The van der Waals surface area contributed by atoms with Gasteiger partial charge in [0.15, 0.2) is 0 Å². The average molecular weight is 255 g/mol. The molecule has 0 unspecified atom stereocenters. The van der Waals surface area contributed by atoms with Crippen molar-refractivity contribution in [2.75, 3.05) is 6.54 Å². The van der Waals surface area contributed by atoms with Crippen molar-refractivity contribution in [3.8, 4) is 5.75 Å². The van der Waals surface area contributed by atoms with Gasteiger partial charge in [-0.1, -0.05) is 42.5 Å². The molecule has 0 aliphatic heterocycles. The molecular weight excluding hydrogens is 234 g/mol. The molecule has 0 aromatic heterocycles. The third-order valence-corrected chi connectivity index (χ3v) is 3.27. The quantitative estimate of drug-likeness (QED) is 0.858. The highest BCUT2D eigenvalue weighted by Crippen LogP contribution is 2.21. The molecule has 19 heavy (non-hydrogen) atoms. The molecule has 2 aromatic rings. The molecule has 0 amide bonds. The number of aryl methyl sites for hydroxylation is 2. The van der Waals surface area contributed by atoms with Crippen LogP contribution in [0.25, 0.3) is 0 Å². The summed E-state index contributed by atoms with van der Waals surface area (Å²) < 4.78 is 5.96. The second-order valence-electron chi connectivity index (χ2n) is 4.72. The molecule has 100 valence electrons. The molecule has 2 rings (SSSR count). The molecule has 0 aliphatic carbocycles. The van der Waals surface area contributed by atoms with E-state index in [0.717, 1.165) is 18.6 Å². The van der Waals surface area contributed by atoms with Crippen molar-refractivity contribution in [1.82, 2.24) is 0 Å². The van der Waals surface area contributed by atoms with Crippen LogP contribution in [0, 0.1) is 6.92 Å². The van der Waals surface area contributed by atoms with Crippen molar-refractivity contribution >= 4 is 0 Å². The number of rotatable bonds is 6. The van der Waals surface area contributed by atoms with Gasteiger partial charge in [0, 0.05) is 0 Å². The van der Waals surface area contributed by atoms with Crippen LogP contribution in [0.15, 0.2) is 48.5 Å². The number of hydrogen-bond donors (Lipinski definition) is 1. The zero-order chi connectivity index (χ0) is 13.5. The van der Waals surface area contributed by atoms with Crippen molar-refractivity contribution in [3.05, 3.63) is 65.2 Å². The van der Waals surface area contributed by atoms with Gasteiger partial charge in [0.2, 0.25) is 0 Å². The van der Waals surface area contributed by atoms with Crippen molar-refractivity contribution < 1.29 is 4.74 Å². The van der Waals surface area contributed by atoms with Crippen molar-refractivity contribution in [3.63, 3.8) is 0 Å². The van der Waals surface area contributed by atoms with Gasteiger partial charge in [-0.15, -0.1) is 0 Å². The summed E-state index contributed by atoms with van der Waals surface area (Å²) in [4.78, 5) is 0. The summed E-state index contributed by atoms with van der Waals surface area (Å²) in [6.07, 6.45) is 1.96. The largest absolute Gasteiger partial charge is 0.489 e. The summed E-state index contributed by atoms with van der Waals surface area (Å²) in [5, 5.41) is 0. The van der Waals surface area contributed by atoms with Crippen LogP contribution in [-0.4, -0.2) is 6.54 Å². The van der Waals surface area contributed by atoms with Gasteiger partial charge in [-0.3, -0.25) is 0 Å². The number of benzene rings is 2. The molecule has 0 radical (unpaired) electrons. The zero-order valence-electron chi connectivity index (χ0n) is 11.4. The molecule has 2 N–H and O–H groups in total. The number of nitrogens with two attached hydrogens (primary N) is 1. The minimum Gasteiger partial charge on any atom is -0.489 e. The fraction of sp³-hybridized carbons (Fsp3) is 0.294. The van der Waals surface area contributed by atoms with Crippen LogP contribution in [-0.2, 0) is 13.0 Å². The first-order chi connectivity index (χ1) is 9.31. The van der Waals surface area contributed by atoms with E-state index in [0.29, 0.717) is 13.2 Å². The van der Waals surface area contributed by atoms with Gasteiger partial charge in [0.05, 0.1) is 0 Å². The van der Waals surface area contributed by atoms with Gasteiger partial charge in [-0.2, -0.15) is 0 Å². The number of para-hydroxylation sites is 1. The zero-order valence-corrected chi connectivity index (χ0v) is 11.4.